The Labute approximate surface area is 90.6 Å². The highest BCUT2D eigenvalue weighted by Gasteiger charge is 2.46. The fraction of sp³-hybridized carbons (Fsp3) is 1.00. The lowest BCUT2D eigenvalue weighted by Gasteiger charge is -2.40. The van der Waals surface area contributed by atoms with Crippen molar-refractivity contribution in [1.82, 2.24) is 0 Å². The summed E-state index contributed by atoms with van der Waals surface area (Å²) in [7, 11) is -4.86. The minimum Gasteiger partial charge on any atom is -0.394 e. The lowest BCUT2D eigenvalue weighted by molar-refractivity contribution is -0.246. The molecular formula is C6H14NO8P. The molecule has 1 aliphatic heterocycles. The van der Waals surface area contributed by atoms with E-state index in [1.165, 1.54) is 0 Å². The highest BCUT2D eigenvalue weighted by Crippen LogP contribution is 2.40. The minimum absolute atomic E-state index is 0.647. The van der Waals surface area contributed by atoms with Crippen LogP contribution in [0.5, 0.6) is 0 Å². The maximum absolute atomic E-state index is 10.6. The first-order valence-electron chi connectivity index (χ1n) is 4.38. The quantitative estimate of drug-likeness (QED) is 0.287. The molecule has 0 aromatic rings. The molecule has 96 valence electrons. The van der Waals surface area contributed by atoms with Crippen molar-refractivity contribution in [1.29, 1.82) is 0 Å². The molecule has 1 aliphatic rings. The molecule has 0 aromatic heterocycles. The molecule has 1 heterocycles. The minimum atomic E-state index is -4.86. The van der Waals surface area contributed by atoms with E-state index in [9.17, 15) is 14.8 Å². The van der Waals surface area contributed by atoms with Crippen LogP contribution >= 0.6 is 7.82 Å². The molecule has 0 aromatic carbocycles. The number of rotatable bonds is 3. The molecule has 0 radical (unpaired) electrons. The average Bonchev–Trinajstić information content (AvgIpc) is 2.17. The van der Waals surface area contributed by atoms with E-state index in [0.717, 1.165) is 0 Å². The summed E-state index contributed by atoms with van der Waals surface area (Å²) in [6.45, 7) is -0.647. The van der Waals surface area contributed by atoms with Crippen LogP contribution in [0.3, 0.4) is 0 Å². The van der Waals surface area contributed by atoms with Crippen molar-refractivity contribution in [3.8, 4) is 0 Å². The van der Waals surface area contributed by atoms with Crippen LogP contribution in [0.1, 0.15) is 0 Å². The van der Waals surface area contributed by atoms with Gasteiger partial charge < -0.3 is 35.6 Å². The Hall–Kier alpha value is -0.0900. The van der Waals surface area contributed by atoms with Gasteiger partial charge in [0.1, 0.15) is 18.3 Å². The monoisotopic (exact) mass is 259 g/mol. The predicted molar refractivity (Wildman–Crippen MR) is 48.9 cm³/mol. The first-order chi connectivity index (χ1) is 7.26. The van der Waals surface area contributed by atoms with E-state index in [-0.39, 0.29) is 0 Å². The fourth-order valence-corrected chi connectivity index (χ4v) is 1.98. The van der Waals surface area contributed by atoms with E-state index in [0.29, 0.717) is 0 Å². The Bertz CT molecular complexity index is 282. The van der Waals surface area contributed by atoms with Gasteiger partial charge in [-0.25, -0.2) is 4.57 Å². The number of ether oxygens (including phenoxy) is 1. The molecule has 7 N–H and O–H groups in total. The van der Waals surface area contributed by atoms with E-state index in [1.54, 1.807) is 0 Å². The van der Waals surface area contributed by atoms with E-state index < -0.39 is 45.1 Å². The maximum Gasteiger partial charge on any atom is 0.470 e. The smallest absolute Gasteiger partial charge is 0.394 e. The maximum atomic E-state index is 10.6. The average molecular weight is 259 g/mol. The zero-order valence-electron chi connectivity index (χ0n) is 8.08. The van der Waals surface area contributed by atoms with E-state index >= 15 is 0 Å². The molecular weight excluding hydrogens is 245 g/mol. The standard InChI is InChI=1S/C6H14NO8P/c7-3-5(15-16(11,12)13)4(9)2(1-8)14-6(3)10/h2-6,8-10H,1,7H2,(H2,11,12,13)/t2?,3-,4+,5?,6+/m0/s1. The largest absolute Gasteiger partial charge is 0.470 e. The summed E-state index contributed by atoms with van der Waals surface area (Å²) in [6, 6.07) is -1.33. The Balaban J connectivity index is 2.81. The lowest BCUT2D eigenvalue weighted by atomic mass is 9.98. The first-order valence-corrected chi connectivity index (χ1v) is 5.91. The number of aliphatic hydroxyl groups is 3. The van der Waals surface area contributed by atoms with Crippen molar-refractivity contribution in [2.45, 2.75) is 30.6 Å². The summed E-state index contributed by atoms with van der Waals surface area (Å²) in [4.78, 5) is 17.2. The number of phosphoric acid groups is 1. The molecule has 1 rings (SSSR count). The topological polar surface area (TPSA) is 163 Å². The number of aliphatic hydroxyl groups excluding tert-OH is 3. The second kappa shape index (κ2) is 5.05. The lowest BCUT2D eigenvalue weighted by Crippen LogP contribution is -2.62. The van der Waals surface area contributed by atoms with Gasteiger partial charge in [0.05, 0.1) is 12.6 Å². The molecule has 5 atom stereocenters. The molecule has 1 fully saturated rings. The van der Waals surface area contributed by atoms with Gasteiger partial charge >= 0.3 is 7.82 Å². The molecule has 16 heavy (non-hydrogen) atoms. The van der Waals surface area contributed by atoms with Gasteiger partial charge in [-0.05, 0) is 0 Å². The van der Waals surface area contributed by atoms with Crippen LogP contribution in [0, 0.1) is 0 Å². The van der Waals surface area contributed by atoms with Gasteiger partial charge in [0.2, 0.25) is 0 Å². The third-order valence-corrected chi connectivity index (χ3v) is 2.70. The van der Waals surface area contributed by atoms with E-state index in [4.69, 9.17) is 25.4 Å². The molecule has 0 amide bonds. The van der Waals surface area contributed by atoms with Crippen LogP contribution in [0.2, 0.25) is 0 Å². The molecule has 0 aliphatic carbocycles. The Morgan fingerprint density at radius 2 is 1.94 bits per heavy atom. The van der Waals surface area contributed by atoms with Crippen molar-refractivity contribution in [3.05, 3.63) is 0 Å². The van der Waals surface area contributed by atoms with Gasteiger partial charge in [-0.15, -0.1) is 0 Å². The van der Waals surface area contributed by atoms with Gasteiger partial charge in [0.25, 0.3) is 0 Å². The van der Waals surface area contributed by atoms with E-state index in [2.05, 4.69) is 4.52 Å². The first kappa shape index (κ1) is 14.0. The summed E-state index contributed by atoms with van der Waals surface area (Å²) in [6.07, 6.45) is -5.87. The third kappa shape index (κ3) is 3.20. The number of nitrogens with two attached hydrogens (primary N) is 1. The summed E-state index contributed by atoms with van der Waals surface area (Å²) < 4.78 is 19.6. The van der Waals surface area contributed by atoms with Gasteiger partial charge in [0, 0.05) is 0 Å². The molecule has 9 nitrogen and oxygen atoms in total. The zero-order valence-corrected chi connectivity index (χ0v) is 8.97. The van der Waals surface area contributed by atoms with Crippen LogP contribution < -0.4 is 5.73 Å². The second-order valence-corrected chi connectivity index (χ2v) is 4.57. The van der Waals surface area contributed by atoms with Gasteiger partial charge in [-0.2, -0.15) is 0 Å². The van der Waals surface area contributed by atoms with Crippen molar-refractivity contribution in [3.63, 3.8) is 0 Å². The summed E-state index contributed by atoms with van der Waals surface area (Å²) >= 11 is 0. The molecule has 0 spiro atoms. The molecule has 0 bridgehead atoms. The van der Waals surface area contributed by atoms with Crippen molar-refractivity contribution in [2.24, 2.45) is 5.73 Å². The van der Waals surface area contributed by atoms with Crippen LogP contribution in [-0.2, 0) is 13.8 Å². The molecule has 10 heteroatoms. The third-order valence-electron chi connectivity index (χ3n) is 2.18. The van der Waals surface area contributed by atoms with Gasteiger partial charge in [0.15, 0.2) is 6.29 Å². The summed E-state index contributed by atoms with van der Waals surface area (Å²) in [5.41, 5.74) is 5.35. The Morgan fingerprint density at radius 3 is 2.38 bits per heavy atom. The van der Waals surface area contributed by atoms with Gasteiger partial charge in [-0.3, -0.25) is 4.52 Å². The highest BCUT2D eigenvalue weighted by atomic mass is 31.2. The molecule has 1 saturated heterocycles. The Morgan fingerprint density at radius 1 is 1.38 bits per heavy atom. The SMILES string of the molecule is N[C@H]1C(OP(=O)(O)O)[C@H](O)C(CO)O[C@H]1O. The second-order valence-electron chi connectivity index (χ2n) is 3.38. The van der Waals surface area contributed by atoms with E-state index in [1.807, 2.05) is 0 Å². The number of hydrogen-bond acceptors (Lipinski definition) is 7. The van der Waals surface area contributed by atoms with Crippen LogP contribution in [0.4, 0.5) is 0 Å². The van der Waals surface area contributed by atoms with Crippen LogP contribution in [-0.4, -0.2) is 62.4 Å². The van der Waals surface area contributed by atoms with Crippen LogP contribution in [0.15, 0.2) is 0 Å². The predicted octanol–water partition coefficient (Wildman–Crippen LogP) is -3.14. The highest BCUT2D eigenvalue weighted by molar-refractivity contribution is 7.46. The number of phosphoric ester groups is 1. The normalized spacial score (nSPS) is 41.0. The van der Waals surface area contributed by atoms with Crippen molar-refractivity contribution in [2.75, 3.05) is 6.61 Å². The van der Waals surface area contributed by atoms with Crippen molar-refractivity contribution < 1.29 is 38.9 Å². The fourth-order valence-electron chi connectivity index (χ4n) is 1.39. The van der Waals surface area contributed by atoms with Crippen LogP contribution in [0.25, 0.3) is 0 Å². The van der Waals surface area contributed by atoms with Crippen molar-refractivity contribution >= 4 is 7.82 Å². The number of hydrogen-bond donors (Lipinski definition) is 6. The summed E-state index contributed by atoms with van der Waals surface area (Å²) in [5, 5.41) is 27.6. The summed E-state index contributed by atoms with van der Waals surface area (Å²) in [5.74, 6) is 0. The Kier molecular flexibility index (Phi) is 4.41. The molecule has 0 saturated carbocycles. The zero-order chi connectivity index (χ0) is 12.5. The molecule has 2 unspecified atom stereocenters. The van der Waals surface area contributed by atoms with Gasteiger partial charge in [-0.1, -0.05) is 0 Å².